The van der Waals surface area contributed by atoms with E-state index in [0.29, 0.717) is 12.2 Å². The second-order valence-electron chi connectivity index (χ2n) is 9.60. The lowest BCUT2D eigenvalue weighted by Gasteiger charge is -2.30. The van der Waals surface area contributed by atoms with E-state index in [0.717, 1.165) is 45.9 Å². The SMILES string of the molecule is C=CC(=O)OC/C=C(\C=C/C(C)C)C(=C=C/C=C\C)N(c1ccccc1)c1cccc2c1C=CC=C(OC(=O)C=C)C2.CC. The summed E-state index contributed by atoms with van der Waals surface area (Å²) in [4.78, 5) is 25.9. The minimum Gasteiger partial charge on any atom is -0.458 e. The summed E-state index contributed by atoms with van der Waals surface area (Å²) < 4.78 is 10.8. The van der Waals surface area contributed by atoms with Crippen molar-refractivity contribution < 1.29 is 19.1 Å². The van der Waals surface area contributed by atoms with E-state index in [4.69, 9.17) is 9.47 Å². The Hall–Kier alpha value is -5.12. The van der Waals surface area contributed by atoms with Gasteiger partial charge in [-0.3, -0.25) is 0 Å². The number of fused-ring (bicyclic) bond motifs is 1. The summed E-state index contributed by atoms with van der Waals surface area (Å²) in [5.41, 5.74) is 8.84. The Labute approximate surface area is 262 Å². The van der Waals surface area contributed by atoms with Crippen molar-refractivity contribution in [1.29, 1.82) is 0 Å². The topological polar surface area (TPSA) is 55.8 Å². The first-order valence-corrected chi connectivity index (χ1v) is 14.8. The zero-order valence-corrected chi connectivity index (χ0v) is 26.5. The normalized spacial score (nSPS) is 12.2. The molecule has 2 aromatic rings. The van der Waals surface area contributed by atoms with Crippen LogP contribution in [0.15, 0.2) is 145 Å². The Balaban J connectivity index is 0.00000330. The second kappa shape index (κ2) is 19.1. The molecule has 5 nitrogen and oxygen atoms in total. The van der Waals surface area contributed by atoms with E-state index in [9.17, 15) is 9.59 Å². The number of hydrogen-bond acceptors (Lipinski definition) is 5. The average Bonchev–Trinajstić information content (AvgIpc) is 3.25. The monoisotopic (exact) mass is 589 g/mol. The van der Waals surface area contributed by atoms with Crippen LogP contribution in [0.3, 0.4) is 0 Å². The Morgan fingerprint density at radius 3 is 2.41 bits per heavy atom. The molecular weight excluding hydrogens is 546 g/mol. The number of para-hydroxylation sites is 1. The maximum atomic E-state index is 11.9. The first-order valence-electron chi connectivity index (χ1n) is 14.8. The van der Waals surface area contributed by atoms with Crippen molar-refractivity contribution in [2.45, 2.75) is 41.0 Å². The predicted molar refractivity (Wildman–Crippen MR) is 183 cm³/mol. The molecule has 3 rings (SSSR count). The smallest absolute Gasteiger partial charge is 0.335 e. The van der Waals surface area contributed by atoms with Gasteiger partial charge in [0.05, 0.1) is 11.4 Å². The highest BCUT2D eigenvalue weighted by atomic mass is 16.5. The van der Waals surface area contributed by atoms with Crippen molar-refractivity contribution in [1.82, 2.24) is 0 Å². The number of ether oxygens (including phenoxy) is 2. The molecule has 0 spiro atoms. The minimum atomic E-state index is -0.497. The van der Waals surface area contributed by atoms with Crippen LogP contribution < -0.4 is 4.90 Å². The lowest BCUT2D eigenvalue weighted by atomic mass is 9.99. The number of hydrogen-bond donors (Lipinski definition) is 0. The average molecular weight is 590 g/mol. The summed E-state index contributed by atoms with van der Waals surface area (Å²) in [5.74, 6) is -0.170. The fraction of sp³-hybridized carbons (Fsp3) is 0.205. The van der Waals surface area contributed by atoms with Crippen molar-refractivity contribution in [2.75, 3.05) is 11.5 Å². The van der Waals surface area contributed by atoms with Crippen LogP contribution in [0.4, 0.5) is 11.4 Å². The van der Waals surface area contributed by atoms with Gasteiger partial charge in [-0.15, -0.1) is 0 Å². The molecule has 0 unspecified atom stereocenters. The Morgan fingerprint density at radius 2 is 1.75 bits per heavy atom. The van der Waals surface area contributed by atoms with E-state index < -0.39 is 11.9 Å². The van der Waals surface area contributed by atoms with Crippen LogP contribution in [0.25, 0.3) is 6.08 Å². The highest BCUT2D eigenvalue weighted by molar-refractivity contribution is 5.84. The number of carbonyl (C=O) groups excluding carboxylic acids is 2. The lowest BCUT2D eigenvalue weighted by Crippen LogP contribution is -2.19. The molecule has 0 fully saturated rings. The van der Waals surface area contributed by atoms with E-state index in [2.05, 4.69) is 49.8 Å². The molecule has 44 heavy (non-hydrogen) atoms. The van der Waals surface area contributed by atoms with Gasteiger partial charge in [0.25, 0.3) is 0 Å². The summed E-state index contributed by atoms with van der Waals surface area (Å²) in [6.07, 6.45) is 20.1. The standard InChI is InChI=1S/C37H37NO4.C2H6/c1-6-9-11-21-34(29(24-23-28(4)5)25-26-41-36(39)7-2)38(31-17-12-10-13-18-31)35-22-14-16-30-27-32(42-37(40)8-3)19-15-20-33(30)35;1-2/h6-20,22-25,28H,2-3,26-27H2,1,4-5H3;1-2H3/b9-6-,24-23-,29-25+;. The number of benzene rings is 2. The molecule has 0 N–H and O–H groups in total. The summed E-state index contributed by atoms with van der Waals surface area (Å²) in [7, 11) is 0. The van der Waals surface area contributed by atoms with Gasteiger partial charge in [0, 0.05) is 35.4 Å². The minimum absolute atomic E-state index is 0.0643. The molecule has 0 radical (unpaired) electrons. The van der Waals surface area contributed by atoms with E-state index >= 15 is 0 Å². The van der Waals surface area contributed by atoms with E-state index in [1.807, 2.05) is 106 Å². The van der Waals surface area contributed by atoms with Gasteiger partial charge in [-0.2, -0.15) is 0 Å². The molecule has 1 aliphatic rings. The van der Waals surface area contributed by atoms with Gasteiger partial charge in [0.2, 0.25) is 0 Å². The van der Waals surface area contributed by atoms with Crippen molar-refractivity contribution in [3.63, 3.8) is 0 Å². The molecule has 0 saturated carbocycles. The van der Waals surface area contributed by atoms with Gasteiger partial charge in [-0.05, 0) is 54.8 Å². The molecule has 0 saturated heterocycles. The predicted octanol–water partition coefficient (Wildman–Crippen LogP) is 9.52. The number of carbonyl (C=O) groups is 2. The highest BCUT2D eigenvalue weighted by Gasteiger charge is 2.22. The molecule has 1 aliphatic carbocycles. The molecule has 0 heterocycles. The van der Waals surface area contributed by atoms with E-state index in [-0.39, 0.29) is 12.5 Å². The van der Waals surface area contributed by atoms with Gasteiger partial charge < -0.3 is 14.4 Å². The van der Waals surface area contributed by atoms with Gasteiger partial charge in [-0.1, -0.05) is 113 Å². The third-order valence-electron chi connectivity index (χ3n) is 6.10. The molecule has 0 aromatic heterocycles. The Bertz CT molecular complexity index is 1510. The van der Waals surface area contributed by atoms with E-state index in [1.165, 1.54) is 0 Å². The van der Waals surface area contributed by atoms with Gasteiger partial charge in [-0.25, -0.2) is 9.59 Å². The van der Waals surface area contributed by atoms with Crippen LogP contribution in [0.1, 0.15) is 45.7 Å². The third kappa shape index (κ3) is 10.6. The summed E-state index contributed by atoms with van der Waals surface area (Å²) >= 11 is 0. The molecular formula is C39H43NO4. The zero-order valence-electron chi connectivity index (χ0n) is 26.5. The Kier molecular flexibility index (Phi) is 15.3. The molecule has 2 aromatic carbocycles. The quantitative estimate of drug-likeness (QED) is 0.107. The third-order valence-corrected chi connectivity index (χ3v) is 6.10. The van der Waals surface area contributed by atoms with Gasteiger partial charge in [0.15, 0.2) is 0 Å². The van der Waals surface area contributed by atoms with Crippen LogP contribution >= 0.6 is 0 Å². The van der Waals surface area contributed by atoms with Crippen molar-refractivity contribution in [3.8, 4) is 0 Å². The lowest BCUT2D eigenvalue weighted by molar-refractivity contribution is -0.136. The van der Waals surface area contributed by atoms with Gasteiger partial charge in [0.1, 0.15) is 12.4 Å². The molecule has 5 heteroatoms. The second-order valence-corrected chi connectivity index (χ2v) is 9.60. The number of allylic oxidation sites excluding steroid dienone is 7. The van der Waals surface area contributed by atoms with E-state index in [1.54, 1.807) is 6.08 Å². The largest absolute Gasteiger partial charge is 0.458 e. The van der Waals surface area contributed by atoms with Crippen molar-refractivity contribution in [2.24, 2.45) is 5.92 Å². The molecule has 0 atom stereocenters. The van der Waals surface area contributed by atoms with Gasteiger partial charge >= 0.3 is 11.9 Å². The number of esters is 2. The van der Waals surface area contributed by atoms with Crippen molar-refractivity contribution >= 4 is 29.4 Å². The molecule has 0 amide bonds. The molecule has 228 valence electrons. The fourth-order valence-electron chi connectivity index (χ4n) is 4.16. The maximum absolute atomic E-state index is 11.9. The summed E-state index contributed by atoms with van der Waals surface area (Å²) in [5, 5.41) is 0. The first-order chi connectivity index (χ1) is 21.4. The van der Waals surface area contributed by atoms with Crippen molar-refractivity contribution in [3.05, 3.63) is 156 Å². The van der Waals surface area contributed by atoms with Crippen LogP contribution in [0.2, 0.25) is 0 Å². The number of rotatable bonds is 12. The number of nitrogens with zero attached hydrogens (tertiary/aromatic N) is 1. The van der Waals surface area contributed by atoms with Crippen LogP contribution in [0, 0.1) is 5.92 Å². The highest BCUT2D eigenvalue weighted by Crippen LogP contribution is 2.38. The molecule has 0 bridgehead atoms. The van der Waals surface area contributed by atoms with Crippen LogP contribution in [-0.4, -0.2) is 18.5 Å². The summed E-state index contributed by atoms with van der Waals surface area (Å²) in [6, 6.07) is 16.1. The Morgan fingerprint density at radius 1 is 1.02 bits per heavy atom. The number of anilines is 2. The fourth-order valence-corrected chi connectivity index (χ4v) is 4.16. The first kappa shape index (κ1) is 35.1. The summed E-state index contributed by atoms with van der Waals surface area (Å²) in [6.45, 7) is 17.2. The molecule has 0 aliphatic heterocycles. The maximum Gasteiger partial charge on any atom is 0.335 e. The zero-order chi connectivity index (χ0) is 32.3. The van der Waals surface area contributed by atoms with Crippen LogP contribution in [-0.2, 0) is 25.5 Å². The van der Waals surface area contributed by atoms with Crippen LogP contribution in [0.5, 0.6) is 0 Å².